The Labute approximate surface area is 122 Å². The summed E-state index contributed by atoms with van der Waals surface area (Å²) < 4.78 is 0. The maximum absolute atomic E-state index is 11.1. The fourth-order valence-electron chi connectivity index (χ4n) is 2.06. The zero-order valence-corrected chi connectivity index (χ0v) is 11.5. The molecule has 1 aliphatic heterocycles. The van der Waals surface area contributed by atoms with Gasteiger partial charge >= 0.3 is 0 Å². The van der Waals surface area contributed by atoms with E-state index in [9.17, 15) is 4.79 Å². The Morgan fingerprint density at radius 2 is 2.00 bits per heavy atom. The molecule has 21 heavy (non-hydrogen) atoms. The average Bonchev–Trinajstić information content (AvgIpc) is 2.69. The number of carbonyl (C=O) groups excluding carboxylic acids is 1. The zero-order chi connectivity index (χ0) is 14.7. The van der Waals surface area contributed by atoms with E-state index in [1.54, 1.807) is 5.01 Å². The first-order valence-electron chi connectivity index (χ1n) is 6.58. The van der Waals surface area contributed by atoms with Gasteiger partial charge in [-0.15, -0.1) is 5.11 Å². The number of fused-ring (bicyclic) bond motifs is 1. The van der Waals surface area contributed by atoms with Gasteiger partial charge in [0.15, 0.2) is 0 Å². The standard InChI is InChI=1S/C16H14N4O/c1-12(21)17-14-6-4-7-15(11-14)20-10-9-13-5-2-3-8-16(13)18-19-20/h2-11H,1H3,(H,17,21). The molecule has 0 saturated carbocycles. The molecule has 1 N–H and O–H groups in total. The van der Waals surface area contributed by atoms with Crippen LogP contribution < -0.4 is 10.3 Å². The number of nitrogens with one attached hydrogen (secondary N) is 1. The Hall–Kier alpha value is -2.95. The second-order valence-corrected chi connectivity index (χ2v) is 4.64. The van der Waals surface area contributed by atoms with E-state index in [-0.39, 0.29) is 5.91 Å². The van der Waals surface area contributed by atoms with Gasteiger partial charge in [0.1, 0.15) is 0 Å². The summed E-state index contributed by atoms with van der Waals surface area (Å²) in [4.78, 5) is 11.1. The van der Waals surface area contributed by atoms with Crippen molar-refractivity contribution in [3.8, 4) is 0 Å². The van der Waals surface area contributed by atoms with Crippen molar-refractivity contribution in [2.45, 2.75) is 6.92 Å². The van der Waals surface area contributed by atoms with Crippen LogP contribution in [-0.4, -0.2) is 5.91 Å². The van der Waals surface area contributed by atoms with Gasteiger partial charge in [-0.3, -0.25) is 4.79 Å². The Morgan fingerprint density at radius 3 is 2.86 bits per heavy atom. The van der Waals surface area contributed by atoms with Crippen LogP contribution in [0.2, 0.25) is 0 Å². The maximum atomic E-state index is 11.1. The van der Waals surface area contributed by atoms with Crippen LogP contribution >= 0.6 is 0 Å². The minimum absolute atomic E-state index is 0.104. The monoisotopic (exact) mass is 278 g/mol. The molecule has 2 aromatic rings. The molecule has 0 spiro atoms. The van der Waals surface area contributed by atoms with E-state index in [1.807, 2.05) is 60.8 Å². The van der Waals surface area contributed by atoms with E-state index in [2.05, 4.69) is 15.7 Å². The molecule has 0 fully saturated rings. The molecule has 5 nitrogen and oxygen atoms in total. The van der Waals surface area contributed by atoms with Crippen molar-refractivity contribution in [2.75, 3.05) is 10.3 Å². The van der Waals surface area contributed by atoms with Crippen LogP contribution in [0.5, 0.6) is 0 Å². The van der Waals surface area contributed by atoms with Crippen molar-refractivity contribution in [1.82, 2.24) is 0 Å². The molecule has 0 radical (unpaired) electrons. The van der Waals surface area contributed by atoms with Crippen molar-refractivity contribution in [3.05, 3.63) is 60.3 Å². The van der Waals surface area contributed by atoms with Crippen LogP contribution in [0.4, 0.5) is 17.1 Å². The Balaban J connectivity index is 1.91. The number of anilines is 2. The molecule has 1 aliphatic rings. The smallest absolute Gasteiger partial charge is 0.221 e. The molecule has 0 aliphatic carbocycles. The largest absolute Gasteiger partial charge is 0.326 e. The van der Waals surface area contributed by atoms with Gasteiger partial charge in [-0.2, -0.15) is 0 Å². The van der Waals surface area contributed by atoms with Crippen LogP contribution in [0.3, 0.4) is 0 Å². The Bertz CT molecular complexity index is 704. The molecule has 1 heterocycles. The summed E-state index contributed by atoms with van der Waals surface area (Å²) in [6.07, 6.45) is 3.81. The van der Waals surface area contributed by atoms with Crippen molar-refractivity contribution in [3.63, 3.8) is 0 Å². The number of hydrogen-bond donors (Lipinski definition) is 1. The summed E-state index contributed by atoms with van der Waals surface area (Å²) >= 11 is 0. The van der Waals surface area contributed by atoms with Crippen molar-refractivity contribution in [2.24, 2.45) is 10.3 Å². The van der Waals surface area contributed by atoms with Crippen molar-refractivity contribution in [1.29, 1.82) is 0 Å². The summed E-state index contributed by atoms with van der Waals surface area (Å²) in [5.74, 6) is -0.104. The van der Waals surface area contributed by atoms with Gasteiger partial charge < -0.3 is 5.32 Å². The summed E-state index contributed by atoms with van der Waals surface area (Å²) in [6.45, 7) is 1.48. The number of amides is 1. The summed E-state index contributed by atoms with van der Waals surface area (Å²) in [6, 6.07) is 15.2. The van der Waals surface area contributed by atoms with Gasteiger partial charge in [-0.05, 0) is 30.3 Å². The lowest BCUT2D eigenvalue weighted by Crippen LogP contribution is -2.08. The van der Waals surface area contributed by atoms with E-state index in [1.165, 1.54) is 6.92 Å². The lowest BCUT2D eigenvalue weighted by molar-refractivity contribution is -0.114. The van der Waals surface area contributed by atoms with E-state index < -0.39 is 0 Å². The topological polar surface area (TPSA) is 57.1 Å². The highest BCUT2D eigenvalue weighted by atomic mass is 16.1. The van der Waals surface area contributed by atoms with Crippen LogP contribution in [0.1, 0.15) is 12.5 Å². The van der Waals surface area contributed by atoms with E-state index in [0.717, 1.165) is 22.6 Å². The third kappa shape index (κ3) is 2.97. The molecular formula is C16H14N4O. The van der Waals surface area contributed by atoms with E-state index >= 15 is 0 Å². The van der Waals surface area contributed by atoms with Crippen LogP contribution in [0, 0.1) is 0 Å². The fraction of sp³-hybridized carbons (Fsp3) is 0.0625. The third-order valence-electron chi connectivity index (χ3n) is 3.01. The minimum atomic E-state index is -0.104. The third-order valence-corrected chi connectivity index (χ3v) is 3.01. The highest BCUT2D eigenvalue weighted by Gasteiger charge is 2.08. The summed E-state index contributed by atoms with van der Waals surface area (Å²) in [5.41, 5.74) is 3.40. The predicted octanol–water partition coefficient (Wildman–Crippen LogP) is 4.13. The zero-order valence-electron chi connectivity index (χ0n) is 11.5. The SMILES string of the molecule is CC(=O)Nc1cccc(N2C=Cc3ccccc3N=N2)c1. The average molecular weight is 278 g/mol. The first kappa shape index (κ1) is 13.1. The van der Waals surface area contributed by atoms with Crippen LogP contribution in [-0.2, 0) is 4.79 Å². The molecule has 0 unspecified atom stereocenters. The number of rotatable bonds is 2. The molecule has 0 saturated heterocycles. The second-order valence-electron chi connectivity index (χ2n) is 4.64. The predicted molar refractivity (Wildman–Crippen MR) is 83.2 cm³/mol. The van der Waals surface area contributed by atoms with Crippen LogP contribution in [0.25, 0.3) is 6.08 Å². The molecule has 3 rings (SSSR count). The van der Waals surface area contributed by atoms with Gasteiger partial charge in [-0.1, -0.05) is 29.5 Å². The second kappa shape index (κ2) is 5.58. The van der Waals surface area contributed by atoms with Gasteiger partial charge in [0.05, 0.1) is 11.4 Å². The normalized spacial score (nSPS) is 12.7. The molecule has 104 valence electrons. The van der Waals surface area contributed by atoms with Gasteiger partial charge in [0.2, 0.25) is 5.91 Å². The highest BCUT2D eigenvalue weighted by molar-refractivity contribution is 5.89. The van der Waals surface area contributed by atoms with Gasteiger partial charge in [0, 0.05) is 24.4 Å². The molecular weight excluding hydrogens is 264 g/mol. The van der Waals surface area contributed by atoms with Gasteiger partial charge in [-0.25, -0.2) is 5.01 Å². The van der Waals surface area contributed by atoms with E-state index in [0.29, 0.717) is 0 Å². The Morgan fingerprint density at radius 1 is 1.14 bits per heavy atom. The number of benzene rings is 2. The molecule has 2 aromatic carbocycles. The number of nitrogens with zero attached hydrogens (tertiary/aromatic N) is 3. The molecule has 1 amide bonds. The number of carbonyl (C=O) groups is 1. The van der Waals surface area contributed by atoms with Gasteiger partial charge in [0.25, 0.3) is 0 Å². The Kier molecular flexibility index (Phi) is 3.47. The van der Waals surface area contributed by atoms with E-state index in [4.69, 9.17) is 0 Å². The summed E-state index contributed by atoms with van der Waals surface area (Å²) in [5, 5.41) is 12.9. The first-order valence-corrected chi connectivity index (χ1v) is 6.58. The lowest BCUT2D eigenvalue weighted by atomic mass is 10.2. The molecule has 5 heteroatoms. The van der Waals surface area contributed by atoms with Crippen LogP contribution in [0.15, 0.2) is 65.1 Å². The van der Waals surface area contributed by atoms with Crippen molar-refractivity contribution >= 4 is 29.0 Å². The number of hydrogen-bond acceptors (Lipinski definition) is 4. The fourth-order valence-corrected chi connectivity index (χ4v) is 2.06. The molecule has 0 aromatic heterocycles. The van der Waals surface area contributed by atoms with Crippen molar-refractivity contribution < 1.29 is 4.79 Å². The molecule has 0 bridgehead atoms. The molecule has 0 atom stereocenters. The maximum Gasteiger partial charge on any atom is 0.221 e. The quantitative estimate of drug-likeness (QED) is 0.897. The lowest BCUT2D eigenvalue weighted by Gasteiger charge is -2.13. The minimum Gasteiger partial charge on any atom is -0.326 e. The summed E-state index contributed by atoms with van der Waals surface area (Å²) in [7, 11) is 0. The first-order chi connectivity index (χ1) is 10.2. The highest BCUT2D eigenvalue weighted by Crippen LogP contribution is 2.27.